The number of nitrogens with zero attached hydrogens (tertiary/aromatic N) is 11. The first kappa shape index (κ1) is 32.4. The first-order valence-corrected chi connectivity index (χ1v) is 18.2. The largest absolute Gasteiger partial charge is 0.369 e. The highest BCUT2D eigenvalue weighted by Gasteiger charge is 2.25. The summed E-state index contributed by atoms with van der Waals surface area (Å²) in [4.78, 5) is 24.5. The van der Waals surface area contributed by atoms with Crippen molar-refractivity contribution in [1.29, 1.82) is 0 Å². The minimum Gasteiger partial charge on any atom is -0.369 e. The fraction of sp³-hybridized carbons (Fsp3) is 0.368. The monoisotopic (exact) mass is 687 g/mol. The molecule has 50 heavy (non-hydrogen) atoms. The van der Waals surface area contributed by atoms with E-state index in [0.29, 0.717) is 13.3 Å². The number of hydrogen-bond donors (Lipinski definition) is 0. The molecular formula is C38H45N11S. The number of anilines is 4. The molecule has 0 radical (unpaired) electrons. The van der Waals surface area contributed by atoms with Crippen LogP contribution in [0.15, 0.2) is 103 Å². The second-order valence-electron chi connectivity index (χ2n) is 13.3. The van der Waals surface area contributed by atoms with Gasteiger partial charge in [0.05, 0.1) is 25.7 Å². The second kappa shape index (κ2) is 15.0. The molecule has 0 unspecified atom stereocenters. The van der Waals surface area contributed by atoms with Crippen molar-refractivity contribution < 1.29 is 0 Å². The molecule has 0 N–H and O–H groups in total. The quantitative estimate of drug-likeness (QED) is 0.203. The van der Waals surface area contributed by atoms with Crippen LogP contribution >= 0.6 is 12.2 Å². The third-order valence-corrected chi connectivity index (χ3v) is 10.6. The molecule has 0 spiro atoms. The third-order valence-electron chi connectivity index (χ3n) is 10.2. The van der Waals surface area contributed by atoms with E-state index >= 15 is 0 Å². The number of hydrogen-bond acceptors (Lipinski definition) is 10. The predicted molar refractivity (Wildman–Crippen MR) is 203 cm³/mol. The average Bonchev–Trinajstić information content (AvgIpc) is 3.50. The van der Waals surface area contributed by atoms with E-state index in [1.165, 1.54) is 17.1 Å². The van der Waals surface area contributed by atoms with Crippen molar-refractivity contribution in [2.75, 3.05) is 98.1 Å². The van der Waals surface area contributed by atoms with Gasteiger partial charge in [0.1, 0.15) is 11.5 Å². The van der Waals surface area contributed by atoms with Crippen molar-refractivity contribution >= 4 is 35.1 Å². The van der Waals surface area contributed by atoms with Gasteiger partial charge in [0.2, 0.25) is 4.77 Å². The van der Waals surface area contributed by atoms with Crippen molar-refractivity contribution in [2.24, 2.45) is 0 Å². The molecule has 5 aromatic rings. The lowest BCUT2D eigenvalue weighted by Gasteiger charge is -2.36. The van der Waals surface area contributed by atoms with Crippen LogP contribution in [0.1, 0.15) is 0 Å². The fourth-order valence-electron chi connectivity index (χ4n) is 7.26. The Labute approximate surface area is 299 Å². The van der Waals surface area contributed by atoms with Crippen LogP contribution in [0.3, 0.4) is 0 Å². The van der Waals surface area contributed by atoms with E-state index in [4.69, 9.17) is 22.3 Å². The van der Waals surface area contributed by atoms with E-state index < -0.39 is 0 Å². The summed E-state index contributed by atoms with van der Waals surface area (Å²) >= 11 is 6.19. The maximum absolute atomic E-state index is 6.19. The zero-order chi connectivity index (χ0) is 33.7. The third kappa shape index (κ3) is 7.23. The first-order chi connectivity index (χ1) is 24.7. The fourth-order valence-corrected chi connectivity index (χ4v) is 7.50. The summed E-state index contributed by atoms with van der Waals surface area (Å²) in [5.74, 6) is 1.66. The molecule has 0 bridgehead atoms. The molecule has 3 fully saturated rings. The lowest BCUT2D eigenvalue weighted by molar-refractivity contribution is 0.188. The Bertz CT molecular complexity index is 1870. The summed E-state index contributed by atoms with van der Waals surface area (Å²) in [5.41, 5.74) is 4.58. The second-order valence-corrected chi connectivity index (χ2v) is 13.6. The Hall–Kier alpha value is -4.78. The maximum atomic E-state index is 6.19. The highest BCUT2D eigenvalue weighted by atomic mass is 32.1. The van der Waals surface area contributed by atoms with Gasteiger partial charge in [-0.25, -0.2) is 9.67 Å². The minimum atomic E-state index is 0.651. The van der Waals surface area contributed by atoms with Crippen LogP contribution in [0.25, 0.3) is 11.5 Å². The molecule has 0 amide bonds. The summed E-state index contributed by atoms with van der Waals surface area (Å²) in [6.07, 6.45) is 3.72. The van der Waals surface area contributed by atoms with Gasteiger partial charge in [0.25, 0.3) is 0 Å². The van der Waals surface area contributed by atoms with Crippen LogP contribution in [0, 0.1) is 4.77 Å². The predicted octanol–water partition coefficient (Wildman–Crippen LogP) is 4.76. The maximum Gasteiger partial charge on any atom is 0.200 e. The molecule has 3 aliphatic rings. The SMILES string of the molecule is S=c1n(CN2CCN(c3ccccc3)CC2)nc(-c2cncc(N3CCN(c4ccccc4)CC3)n2)n1CN1CCN(c2ccccc2)CC1. The summed E-state index contributed by atoms with van der Waals surface area (Å²) < 4.78 is 4.89. The van der Waals surface area contributed by atoms with Crippen molar-refractivity contribution in [3.63, 3.8) is 0 Å². The van der Waals surface area contributed by atoms with Gasteiger partial charge in [-0.1, -0.05) is 54.6 Å². The summed E-state index contributed by atoms with van der Waals surface area (Å²) in [6.45, 7) is 12.6. The highest BCUT2D eigenvalue weighted by molar-refractivity contribution is 7.71. The number of piperazine rings is 3. The van der Waals surface area contributed by atoms with Crippen LogP contribution in [0.2, 0.25) is 0 Å². The van der Waals surface area contributed by atoms with Gasteiger partial charge in [-0.2, -0.15) is 0 Å². The molecule has 3 aromatic carbocycles. The number of para-hydroxylation sites is 3. The Morgan fingerprint density at radius 1 is 0.500 bits per heavy atom. The lowest BCUT2D eigenvalue weighted by atomic mass is 10.2. The van der Waals surface area contributed by atoms with Gasteiger partial charge >= 0.3 is 0 Å². The average molecular weight is 688 g/mol. The highest BCUT2D eigenvalue weighted by Crippen LogP contribution is 2.24. The molecule has 3 saturated heterocycles. The van der Waals surface area contributed by atoms with E-state index in [1.807, 2.05) is 17.1 Å². The van der Waals surface area contributed by atoms with E-state index in [0.717, 1.165) is 101 Å². The Balaban J connectivity index is 1.01. The minimum absolute atomic E-state index is 0.651. The molecule has 0 aliphatic carbocycles. The lowest BCUT2D eigenvalue weighted by Crippen LogP contribution is -2.47. The van der Waals surface area contributed by atoms with E-state index in [-0.39, 0.29) is 0 Å². The molecule has 3 aliphatic heterocycles. The van der Waals surface area contributed by atoms with Crippen LogP contribution in [0.5, 0.6) is 0 Å². The van der Waals surface area contributed by atoms with Crippen molar-refractivity contribution in [3.8, 4) is 11.5 Å². The smallest absolute Gasteiger partial charge is 0.200 e. The molecule has 12 heteroatoms. The van der Waals surface area contributed by atoms with Gasteiger partial charge in [-0.3, -0.25) is 19.4 Å². The molecule has 0 atom stereocenters. The van der Waals surface area contributed by atoms with Gasteiger partial charge in [-0.15, -0.1) is 5.10 Å². The van der Waals surface area contributed by atoms with Crippen molar-refractivity contribution in [1.82, 2.24) is 34.1 Å². The Morgan fingerprint density at radius 2 is 0.940 bits per heavy atom. The van der Waals surface area contributed by atoms with Crippen LogP contribution < -0.4 is 19.6 Å². The summed E-state index contributed by atoms with van der Waals surface area (Å²) in [7, 11) is 0. The van der Waals surface area contributed by atoms with E-state index in [1.54, 1.807) is 0 Å². The molecular weight excluding hydrogens is 643 g/mol. The molecule has 2 aromatic heterocycles. The first-order valence-electron chi connectivity index (χ1n) is 17.8. The number of rotatable bonds is 9. The van der Waals surface area contributed by atoms with Crippen LogP contribution in [-0.2, 0) is 13.3 Å². The topological polar surface area (TPSA) is 68.0 Å². The van der Waals surface area contributed by atoms with E-state index in [9.17, 15) is 0 Å². The molecule has 8 rings (SSSR count). The van der Waals surface area contributed by atoms with Crippen LogP contribution in [-0.4, -0.2) is 113 Å². The molecule has 5 heterocycles. The molecule has 258 valence electrons. The Morgan fingerprint density at radius 3 is 1.44 bits per heavy atom. The summed E-state index contributed by atoms with van der Waals surface area (Å²) in [6, 6.07) is 32.0. The standard InChI is InChI=1S/C38H45N11S/c50-38-48(30-42-16-20-44(21-17-42)32-10-4-1-5-11-32)37(41-49(38)31-43-18-22-45(23-19-43)33-12-6-2-7-13-33)35-28-39-29-36(40-35)47-26-24-46(25-27-47)34-14-8-3-9-15-34/h1-15,28-29H,16-27,30-31H2. The van der Waals surface area contributed by atoms with Crippen molar-refractivity contribution in [3.05, 3.63) is 108 Å². The Kier molecular flexibility index (Phi) is 9.72. The van der Waals surface area contributed by atoms with E-state index in [2.05, 4.69) is 130 Å². The van der Waals surface area contributed by atoms with Crippen LogP contribution in [0.4, 0.5) is 22.9 Å². The summed E-state index contributed by atoms with van der Waals surface area (Å²) in [5, 5.41) is 5.17. The van der Waals surface area contributed by atoms with Gasteiger partial charge in [0.15, 0.2) is 5.82 Å². The molecule has 0 saturated carbocycles. The normalized spacial score (nSPS) is 17.8. The van der Waals surface area contributed by atoms with Gasteiger partial charge < -0.3 is 19.6 Å². The van der Waals surface area contributed by atoms with Crippen molar-refractivity contribution in [2.45, 2.75) is 13.3 Å². The zero-order valence-electron chi connectivity index (χ0n) is 28.5. The number of aromatic nitrogens is 5. The van der Waals surface area contributed by atoms with Gasteiger partial charge in [0, 0.05) is 95.6 Å². The number of benzene rings is 3. The molecule has 11 nitrogen and oxygen atoms in total. The zero-order valence-corrected chi connectivity index (χ0v) is 29.4. The van der Waals surface area contributed by atoms with Gasteiger partial charge in [-0.05, 0) is 48.6 Å².